The van der Waals surface area contributed by atoms with Crippen LogP contribution in [0, 0.1) is 12.8 Å². The molecule has 1 aromatic rings. The molecule has 1 saturated heterocycles. The van der Waals surface area contributed by atoms with Crippen molar-refractivity contribution in [1.29, 1.82) is 0 Å². The third-order valence-corrected chi connectivity index (χ3v) is 4.82. The van der Waals surface area contributed by atoms with Crippen LogP contribution in [0.4, 0.5) is 5.69 Å². The van der Waals surface area contributed by atoms with Crippen molar-refractivity contribution < 1.29 is 4.79 Å². The van der Waals surface area contributed by atoms with Crippen molar-refractivity contribution in [2.75, 3.05) is 36.4 Å². The van der Waals surface area contributed by atoms with Crippen LogP contribution < -0.4 is 4.90 Å². The third-order valence-electron chi connectivity index (χ3n) is 3.90. The number of benzene rings is 1. The fraction of sp³-hybridized carbons (Fsp3) is 0.562. The molecule has 0 saturated carbocycles. The van der Waals surface area contributed by atoms with E-state index in [1.54, 1.807) is 0 Å². The summed E-state index contributed by atoms with van der Waals surface area (Å²) >= 11 is 3.48. The van der Waals surface area contributed by atoms with Crippen LogP contribution in [0.3, 0.4) is 0 Å². The molecular weight excluding hydrogens is 316 g/mol. The number of nitrogens with zero attached hydrogens (tertiary/aromatic N) is 2. The third kappa shape index (κ3) is 3.75. The average Bonchev–Trinajstić information content (AvgIpc) is 2.80. The fourth-order valence-electron chi connectivity index (χ4n) is 2.71. The minimum atomic E-state index is 0.301. The Labute approximate surface area is 130 Å². The monoisotopic (exact) mass is 338 g/mol. The largest absolute Gasteiger partial charge is 0.370 e. The van der Waals surface area contributed by atoms with Crippen molar-refractivity contribution in [3.63, 3.8) is 0 Å². The predicted octanol–water partition coefficient (Wildman–Crippen LogP) is 3.06. The minimum absolute atomic E-state index is 0.301. The summed E-state index contributed by atoms with van der Waals surface area (Å²) in [6.45, 7) is 7.87. The Kier molecular flexibility index (Phi) is 5.46. The number of alkyl halides is 1. The van der Waals surface area contributed by atoms with Crippen molar-refractivity contribution in [3.05, 3.63) is 29.8 Å². The maximum atomic E-state index is 11.9. The zero-order chi connectivity index (χ0) is 14.5. The smallest absolute Gasteiger partial charge is 0.223 e. The fourth-order valence-corrected chi connectivity index (χ4v) is 3.14. The van der Waals surface area contributed by atoms with Crippen LogP contribution in [0.25, 0.3) is 0 Å². The van der Waals surface area contributed by atoms with Crippen molar-refractivity contribution in [2.45, 2.75) is 20.3 Å². The van der Waals surface area contributed by atoms with Gasteiger partial charge in [0.2, 0.25) is 5.91 Å². The number of anilines is 1. The normalized spacial score (nSPS) is 18.6. The van der Waals surface area contributed by atoms with Gasteiger partial charge in [0.25, 0.3) is 0 Å². The Hall–Kier alpha value is -1.03. The van der Waals surface area contributed by atoms with E-state index >= 15 is 0 Å². The molecule has 1 amide bonds. The van der Waals surface area contributed by atoms with E-state index in [4.69, 9.17) is 0 Å². The van der Waals surface area contributed by atoms with Gasteiger partial charge in [0.05, 0.1) is 0 Å². The molecule has 2 rings (SSSR count). The van der Waals surface area contributed by atoms with Crippen LogP contribution >= 0.6 is 15.9 Å². The lowest BCUT2D eigenvalue weighted by atomic mass is 10.2. The Bertz CT molecular complexity index is 464. The summed E-state index contributed by atoms with van der Waals surface area (Å²) < 4.78 is 0. The minimum Gasteiger partial charge on any atom is -0.370 e. The maximum absolute atomic E-state index is 11.9. The van der Waals surface area contributed by atoms with Gasteiger partial charge in [-0.2, -0.15) is 0 Å². The summed E-state index contributed by atoms with van der Waals surface area (Å²) in [5, 5.41) is 0.921. The van der Waals surface area contributed by atoms with Gasteiger partial charge in [-0.25, -0.2) is 0 Å². The van der Waals surface area contributed by atoms with Crippen LogP contribution in [0.5, 0.6) is 0 Å². The zero-order valence-electron chi connectivity index (χ0n) is 12.3. The van der Waals surface area contributed by atoms with Crippen LogP contribution in [0.1, 0.15) is 18.9 Å². The molecule has 110 valence electrons. The van der Waals surface area contributed by atoms with E-state index in [9.17, 15) is 4.79 Å². The van der Waals surface area contributed by atoms with Crippen LogP contribution in [-0.2, 0) is 4.79 Å². The second-order valence-electron chi connectivity index (χ2n) is 5.48. The van der Waals surface area contributed by atoms with E-state index in [2.05, 4.69) is 58.9 Å². The average molecular weight is 339 g/mol. The van der Waals surface area contributed by atoms with Crippen molar-refractivity contribution >= 4 is 27.5 Å². The molecule has 3 nitrogen and oxygen atoms in total. The highest BCUT2D eigenvalue weighted by atomic mass is 79.9. The van der Waals surface area contributed by atoms with Gasteiger partial charge in [-0.05, 0) is 37.5 Å². The van der Waals surface area contributed by atoms with Crippen LogP contribution in [0.2, 0.25) is 0 Å². The first-order valence-corrected chi connectivity index (χ1v) is 8.41. The van der Waals surface area contributed by atoms with E-state index in [1.807, 2.05) is 4.90 Å². The van der Waals surface area contributed by atoms with E-state index < -0.39 is 0 Å². The number of amides is 1. The molecule has 1 atom stereocenters. The molecular formula is C16H23BrN2O. The zero-order valence-corrected chi connectivity index (χ0v) is 13.9. The number of carbonyl (C=O) groups excluding carboxylic acids is 1. The first-order valence-electron chi connectivity index (χ1n) is 7.29. The number of hydrogen-bond acceptors (Lipinski definition) is 2. The Morgan fingerprint density at radius 2 is 2.25 bits per heavy atom. The topological polar surface area (TPSA) is 23.6 Å². The molecule has 20 heavy (non-hydrogen) atoms. The molecule has 1 fully saturated rings. The van der Waals surface area contributed by atoms with Crippen molar-refractivity contribution in [3.8, 4) is 0 Å². The van der Waals surface area contributed by atoms with Gasteiger partial charge in [0.1, 0.15) is 0 Å². The van der Waals surface area contributed by atoms with Gasteiger partial charge in [-0.1, -0.05) is 28.1 Å². The van der Waals surface area contributed by atoms with Gasteiger partial charge in [-0.15, -0.1) is 0 Å². The Morgan fingerprint density at radius 1 is 1.45 bits per heavy atom. The lowest BCUT2D eigenvalue weighted by molar-refractivity contribution is -0.127. The first-order chi connectivity index (χ1) is 9.63. The molecule has 0 radical (unpaired) electrons. The van der Waals surface area contributed by atoms with Gasteiger partial charge in [-0.3, -0.25) is 4.79 Å². The second kappa shape index (κ2) is 7.11. The molecule has 1 aliphatic rings. The van der Waals surface area contributed by atoms with Crippen molar-refractivity contribution in [2.24, 2.45) is 5.92 Å². The molecule has 1 unspecified atom stereocenters. The molecule has 1 aliphatic heterocycles. The molecule has 1 heterocycles. The lowest BCUT2D eigenvalue weighted by Gasteiger charge is -2.26. The lowest BCUT2D eigenvalue weighted by Crippen LogP contribution is -2.36. The van der Waals surface area contributed by atoms with Crippen LogP contribution in [-0.4, -0.2) is 42.3 Å². The summed E-state index contributed by atoms with van der Waals surface area (Å²) in [7, 11) is 0. The quantitative estimate of drug-likeness (QED) is 0.744. The Morgan fingerprint density at radius 3 is 2.85 bits per heavy atom. The van der Waals surface area contributed by atoms with E-state index in [-0.39, 0.29) is 0 Å². The molecule has 0 bridgehead atoms. The standard InChI is InChI=1S/C16H23BrN2O/c1-3-18(15-6-4-5-13(2)9-15)7-8-19-12-14(11-17)10-16(19)20/h4-6,9,14H,3,7-8,10-12H2,1-2H3. The van der Waals surface area contributed by atoms with E-state index in [0.717, 1.165) is 31.5 Å². The number of carbonyl (C=O) groups is 1. The number of likely N-dealkylation sites (tertiary alicyclic amines) is 1. The van der Waals surface area contributed by atoms with Gasteiger partial charge < -0.3 is 9.80 Å². The number of likely N-dealkylation sites (N-methyl/N-ethyl adjacent to an activating group) is 1. The van der Waals surface area contributed by atoms with E-state index in [1.165, 1.54) is 11.3 Å². The molecule has 0 aliphatic carbocycles. The summed E-state index contributed by atoms with van der Waals surface area (Å²) in [6.07, 6.45) is 0.696. The van der Waals surface area contributed by atoms with Gasteiger partial charge in [0, 0.05) is 43.6 Å². The molecule has 1 aromatic carbocycles. The summed E-state index contributed by atoms with van der Waals surface area (Å²) in [5.74, 6) is 0.784. The van der Waals surface area contributed by atoms with Gasteiger partial charge >= 0.3 is 0 Å². The summed E-state index contributed by atoms with van der Waals surface area (Å²) in [4.78, 5) is 16.3. The summed E-state index contributed by atoms with van der Waals surface area (Å²) in [6, 6.07) is 8.55. The predicted molar refractivity (Wildman–Crippen MR) is 87.5 cm³/mol. The number of halogens is 1. The first kappa shape index (κ1) is 15.4. The van der Waals surface area contributed by atoms with Crippen molar-refractivity contribution in [1.82, 2.24) is 4.90 Å². The summed E-state index contributed by atoms with van der Waals surface area (Å²) in [5.41, 5.74) is 2.52. The van der Waals surface area contributed by atoms with Gasteiger partial charge in [0.15, 0.2) is 0 Å². The maximum Gasteiger partial charge on any atom is 0.223 e. The second-order valence-corrected chi connectivity index (χ2v) is 6.13. The molecule has 4 heteroatoms. The van der Waals surface area contributed by atoms with Crippen LogP contribution in [0.15, 0.2) is 24.3 Å². The molecule has 0 aromatic heterocycles. The highest BCUT2D eigenvalue weighted by molar-refractivity contribution is 9.09. The van der Waals surface area contributed by atoms with E-state index in [0.29, 0.717) is 18.2 Å². The highest BCUT2D eigenvalue weighted by Gasteiger charge is 2.28. The molecule has 0 spiro atoms. The molecule has 0 N–H and O–H groups in total. The Balaban J connectivity index is 1.93. The number of aryl methyl sites for hydroxylation is 1. The highest BCUT2D eigenvalue weighted by Crippen LogP contribution is 2.20. The number of hydrogen-bond donors (Lipinski definition) is 0. The SMILES string of the molecule is CCN(CCN1CC(CBr)CC1=O)c1cccc(C)c1. The number of rotatable bonds is 6.